The smallest absolute Gasteiger partial charge is 0.326 e. The number of ether oxygens (including phenoxy) is 2. The minimum atomic E-state index is -1.01. The molecule has 1 heterocycles. The Morgan fingerprint density at radius 2 is 2.00 bits per heavy atom. The molecule has 0 aromatic carbocycles. The Kier molecular flexibility index (Phi) is 10.2. The molecule has 2 rings (SSSR count). The molecule has 1 N–H and O–H groups in total. The van der Waals surface area contributed by atoms with Gasteiger partial charge in [0.25, 0.3) is 0 Å². The molecule has 0 aliphatic heterocycles. The lowest BCUT2D eigenvalue weighted by Gasteiger charge is -2.27. The molecule has 9 heteroatoms. The van der Waals surface area contributed by atoms with Crippen LogP contribution in [-0.4, -0.2) is 76.4 Å². The van der Waals surface area contributed by atoms with Crippen LogP contribution in [0.1, 0.15) is 51.6 Å². The topological polar surface area (TPSA) is 107 Å². The van der Waals surface area contributed by atoms with Gasteiger partial charge in [-0.2, -0.15) is 0 Å². The molecule has 9 nitrogen and oxygen atoms in total. The van der Waals surface area contributed by atoms with Crippen molar-refractivity contribution in [2.24, 2.45) is 11.8 Å². The second kappa shape index (κ2) is 12.6. The molecule has 1 atom stereocenters. The number of hydrogen-bond acceptors (Lipinski definition) is 6. The summed E-state index contributed by atoms with van der Waals surface area (Å²) in [7, 11) is 1.50. The number of carbonyl (C=O) groups is 2. The molecule has 0 radical (unpaired) electrons. The summed E-state index contributed by atoms with van der Waals surface area (Å²) in [6.45, 7) is 6.01. The zero-order valence-electron chi connectivity index (χ0n) is 18.5. The maximum atomic E-state index is 12.1. The van der Waals surface area contributed by atoms with Gasteiger partial charge in [0.15, 0.2) is 0 Å². The monoisotopic (exact) mass is 424 g/mol. The number of aromatic nitrogens is 3. The maximum Gasteiger partial charge on any atom is 0.326 e. The summed E-state index contributed by atoms with van der Waals surface area (Å²) < 4.78 is 13.0. The highest BCUT2D eigenvalue weighted by atomic mass is 16.5. The fourth-order valence-corrected chi connectivity index (χ4v) is 3.82. The summed E-state index contributed by atoms with van der Waals surface area (Å²) >= 11 is 0. The number of carbonyl (C=O) groups excluding carboxylic acids is 1. The molecule has 0 saturated heterocycles. The highest BCUT2D eigenvalue weighted by Gasteiger charge is 2.29. The van der Waals surface area contributed by atoms with Crippen molar-refractivity contribution in [1.29, 1.82) is 0 Å². The number of carboxylic acid groups (broad SMARTS) is 1. The standard InChI is InChI=1S/C21H36N4O5/c1-16(2)20(21(27)28)24(3)19(26)15-29-11-6-9-18-13-25(23-22-18)10-12-30-14-17-7-4-5-8-17/h13,16-17,20H,4-12,14-15H2,1-3H3,(H,27,28). The summed E-state index contributed by atoms with van der Waals surface area (Å²) in [5.74, 6) is -0.789. The van der Waals surface area contributed by atoms with Gasteiger partial charge in [-0.25, -0.2) is 9.48 Å². The van der Waals surface area contributed by atoms with Crippen molar-refractivity contribution in [3.05, 3.63) is 11.9 Å². The predicted molar refractivity (Wildman–Crippen MR) is 111 cm³/mol. The zero-order valence-corrected chi connectivity index (χ0v) is 18.5. The lowest BCUT2D eigenvalue weighted by Crippen LogP contribution is -2.47. The fourth-order valence-electron chi connectivity index (χ4n) is 3.82. The van der Waals surface area contributed by atoms with Gasteiger partial charge in [-0.15, -0.1) is 5.10 Å². The van der Waals surface area contributed by atoms with Gasteiger partial charge in [0.1, 0.15) is 12.6 Å². The molecule has 1 aromatic heterocycles. The van der Waals surface area contributed by atoms with Crippen molar-refractivity contribution >= 4 is 11.9 Å². The van der Waals surface area contributed by atoms with Gasteiger partial charge >= 0.3 is 5.97 Å². The molecule has 0 bridgehead atoms. The van der Waals surface area contributed by atoms with Gasteiger partial charge in [-0.05, 0) is 37.5 Å². The Morgan fingerprint density at radius 3 is 2.67 bits per heavy atom. The van der Waals surface area contributed by atoms with E-state index >= 15 is 0 Å². The first kappa shape index (κ1) is 24.3. The second-order valence-corrected chi connectivity index (χ2v) is 8.39. The van der Waals surface area contributed by atoms with Crippen molar-refractivity contribution in [3.63, 3.8) is 0 Å². The van der Waals surface area contributed by atoms with Gasteiger partial charge < -0.3 is 19.5 Å². The number of amides is 1. The van der Waals surface area contributed by atoms with Crippen molar-refractivity contribution in [2.75, 3.05) is 33.5 Å². The van der Waals surface area contributed by atoms with Crippen LogP contribution in [0.4, 0.5) is 0 Å². The number of aliphatic carboxylic acids is 1. The highest BCUT2D eigenvalue weighted by molar-refractivity contribution is 5.84. The first-order chi connectivity index (χ1) is 14.4. The van der Waals surface area contributed by atoms with E-state index in [0.717, 1.165) is 18.2 Å². The van der Waals surface area contributed by atoms with Crippen LogP contribution in [0.2, 0.25) is 0 Å². The van der Waals surface area contributed by atoms with E-state index in [0.29, 0.717) is 32.6 Å². The van der Waals surface area contributed by atoms with Crippen LogP contribution in [0.15, 0.2) is 6.20 Å². The van der Waals surface area contributed by atoms with E-state index in [1.165, 1.54) is 37.6 Å². The molecule has 1 unspecified atom stereocenters. The van der Waals surface area contributed by atoms with Crippen LogP contribution in [0.25, 0.3) is 0 Å². The molecule has 170 valence electrons. The highest BCUT2D eigenvalue weighted by Crippen LogP contribution is 2.24. The van der Waals surface area contributed by atoms with Crippen LogP contribution >= 0.6 is 0 Å². The van der Waals surface area contributed by atoms with E-state index in [1.807, 2.05) is 6.20 Å². The first-order valence-corrected chi connectivity index (χ1v) is 10.9. The summed E-state index contributed by atoms with van der Waals surface area (Å²) in [4.78, 5) is 24.7. The Bertz CT molecular complexity index is 658. The maximum absolute atomic E-state index is 12.1. The normalized spacial score (nSPS) is 15.6. The largest absolute Gasteiger partial charge is 0.480 e. The average Bonchev–Trinajstić information content (AvgIpc) is 3.36. The van der Waals surface area contributed by atoms with Gasteiger partial charge in [0, 0.05) is 26.5 Å². The van der Waals surface area contributed by atoms with Crippen LogP contribution < -0.4 is 0 Å². The minimum Gasteiger partial charge on any atom is -0.480 e. The summed E-state index contributed by atoms with van der Waals surface area (Å²) in [6.07, 6.45) is 8.56. The van der Waals surface area contributed by atoms with Crippen molar-refractivity contribution in [3.8, 4) is 0 Å². The predicted octanol–water partition coefficient (Wildman–Crippen LogP) is 2.00. The quantitative estimate of drug-likeness (QED) is 0.455. The Labute approximate surface area is 178 Å². The molecular weight excluding hydrogens is 388 g/mol. The van der Waals surface area contributed by atoms with Crippen molar-refractivity contribution in [1.82, 2.24) is 19.9 Å². The number of aryl methyl sites for hydroxylation is 1. The molecule has 0 spiro atoms. The van der Waals surface area contributed by atoms with Crippen molar-refractivity contribution < 1.29 is 24.2 Å². The lowest BCUT2D eigenvalue weighted by molar-refractivity contribution is -0.152. The average molecular weight is 425 g/mol. The number of likely N-dealkylation sites (N-methyl/N-ethyl adjacent to an activating group) is 1. The molecule has 30 heavy (non-hydrogen) atoms. The lowest BCUT2D eigenvalue weighted by atomic mass is 10.0. The third-order valence-electron chi connectivity index (χ3n) is 5.52. The number of carboxylic acids is 1. The molecule has 1 fully saturated rings. The van der Waals surface area contributed by atoms with Gasteiger partial charge in [0.2, 0.25) is 5.91 Å². The van der Waals surface area contributed by atoms with Crippen LogP contribution in [0.5, 0.6) is 0 Å². The van der Waals surface area contributed by atoms with E-state index in [4.69, 9.17) is 9.47 Å². The first-order valence-electron chi connectivity index (χ1n) is 10.9. The van der Waals surface area contributed by atoms with Crippen LogP contribution in [0.3, 0.4) is 0 Å². The fraction of sp³-hybridized carbons (Fsp3) is 0.810. The van der Waals surface area contributed by atoms with Gasteiger partial charge in [0.05, 0.1) is 18.8 Å². The third kappa shape index (κ3) is 8.02. The number of hydrogen-bond donors (Lipinski definition) is 1. The minimum absolute atomic E-state index is 0.127. The molecule has 1 amide bonds. The molecular formula is C21H36N4O5. The van der Waals surface area contributed by atoms with E-state index in [9.17, 15) is 14.7 Å². The van der Waals surface area contributed by atoms with Crippen LogP contribution in [0, 0.1) is 11.8 Å². The van der Waals surface area contributed by atoms with Crippen LogP contribution in [-0.2, 0) is 32.0 Å². The van der Waals surface area contributed by atoms with Gasteiger partial charge in [-0.3, -0.25) is 4.79 Å². The zero-order chi connectivity index (χ0) is 21.9. The SMILES string of the molecule is CC(C)C(C(=O)O)N(C)C(=O)COCCCc1cn(CCOCC2CCCC2)nn1. The molecule has 1 aromatic rings. The second-order valence-electron chi connectivity index (χ2n) is 8.39. The van der Waals surface area contributed by atoms with E-state index in [2.05, 4.69) is 10.3 Å². The summed E-state index contributed by atoms with van der Waals surface area (Å²) in [5, 5.41) is 17.5. The molecule has 1 aliphatic rings. The number of nitrogens with zero attached hydrogens (tertiary/aromatic N) is 4. The van der Waals surface area contributed by atoms with Crippen molar-refractivity contribution in [2.45, 2.75) is 65.0 Å². The Hall–Kier alpha value is -2.00. The van der Waals surface area contributed by atoms with E-state index in [1.54, 1.807) is 18.5 Å². The third-order valence-corrected chi connectivity index (χ3v) is 5.52. The number of rotatable bonds is 14. The Morgan fingerprint density at radius 1 is 1.27 bits per heavy atom. The van der Waals surface area contributed by atoms with E-state index in [-0.39, 0.29) is 18.4 Å². The Balaban J connectivity index is 1.57. The molecule has 1 aliphatic carbocycles. The van der Waals surface area contributed by atoms with E-state index < -0.39 is 12.0 Å². The summed E-state index contributed by atoms with van der Waals surface area (Å²) in [5.41, 5.74) is 0.878. The summed E-state index contributed by atoms with van der Waals surface area (Å²) in [6, 6.07) is -0.849. The van der Waals surface area contributed by atoms with Gasteiger partial charge in [-0.1, -0.05) is 31.9 Å². The molecule has 1 saturated carbocycles.